The summed E-state index contributed by atoms with van der Waals surface area (Å²) in [6.07, 6.45) is 1.98. The van der Waals surface area contributed by atoms with Gasteiger partial charge in [0.1, 0.15) is 5.82 Å². The van der Waals surface area contributed by atoms with Crippen molar-refractivity contribution in [2.45, 2.75) is 13.0 Å². The molecule has 0 spiro atoms. The van der Waals surface area contributed by atoms with Crippen molar-refractivity contribution < 1.29 is 10.2 Å². The fourth-order valence-corrected chi connectivity index (χ4v) is 1.28. The van der Waals surface area contributed by atoms with Crippen molar-refractivity contribution >= 4 is 5.82 Å². The molecule has 6 heteroatoms. The number of nitrogen functional groups attached to an aromatic ring is 1. The van der Waals surface area contributed by atoms with Crippen LogP contribution in [-0.2, 0) is 6.54 Å². The number of nitrogens with zero attached hydrogens (tertiary/aromatic N) is 2. The van der Waals surface area contributed by atoms with Crippen LogP contribution in [0, 0.1) is 5.92 Å². The molecule has 1 aromatic rings. The van der Waals surface area contributed by atoms with Crippen LogP contribution < -0.4 is 11.4 Å². The maximum Gasteiger partial charge on any atom is 0.349 e. The molecule has 0 fully saturated rings. The number of nitrogens with two attached hydrogens (primary N) is 1. The molecule has 0 amide bonds. The van der Waals surface area contributed by atoms with Crippen molar-refractivity contribution in [1.29, 1.82) is 0 Å². The van der Waals surface area contributed by atoms with E-state index in [-0.39, 0.29) is 24.9 Å². The largest absolute Gasteiger partial charge is 0.396 e. The van der Waals surface area contributed by atoms with Gasteiger partial charge in [-0.3, -0.25) is 4.57 Å². The first-order valence-electron chi connectivity index (χ1n) is 4.72. The molecular weight excluding hydrogens is 198 g/mol. The second kappa shape index (κ2) is 5.47. The van der Waals surface area contributed by atoms with Gasteiger partial charge in [0.2, 0.25) is 0 Å². The molecule has 1 heterocycles. The predicted molar refractivity (Wildman–Crippen MR) is 55.2 cm³/mol. The van der Waals surface area contributed by atoms with Gasteiger partial charge in [0.05, 0.1) is 0 Å². The number of rotatable bonds is 5. The van der Waals surface area contributed by atoms with E-state index in [1.165, 1.54) is 16.8 Å². The van der Waals surface area contributed by atoms with E-state index < -0.39 is 5.69 Å². The van der Waals surface area contributed by atoms with Gasteiger partial charge in [-0.05, 0) is 12.5 Å². The first-order chi connectivity index (χ1) is 7.17. The SMILES string of the molecule is Nc1ccn(CC(CO)CCO)c(=O)n1. The van der Waals surface area contributed by atoms with Gasteiger partial charge in [0.15, 0.2) is 0 Å². The van der Waals surface area contributed by atoms with Crippen LogP contribution in [-0.4, -0.2) is 33.0 Å². The lowest BCUT2D eigenvalue weighted by Gasteiger charge is -2.13. The smallest absolute Gasteiger partial charge is 0.349 e. The Morgan fingerprint density at radius 1 is 1.53 bits per heavy atom. The summed E-state index contributed by atoms with van der Waals surface area (Å²) >= 11 is 0. The van der Waals surface area contributed by atoms with E-state index in [9.17, 15) is 4.79 Å². The van der Waals surface area contributed by atoms with Gasteiger partial charge in [-0.2, -0.15) is 4.98 Å². The lowest BCUT2D eigenvalue weighted by atomic mass is 10.1. The number of hydrogen-bond acceptors (Lipinski definition) is 5. The zero-order valence-electron chi connectivity index (χ0n) is 8.33. The van der Waals surface area contributed by atoms with Gasteiger partial charge in [-0.25, -0.2) is 4.79 Å². The second-order valence-electron chi connectivity index (χ2n) is 3.35. The molecule has 0 saturated carbocycles. The predicted octanol–water partition coefficient (Wildman–Crippen LogP) is -1.18. The highest BCUT2D eigenvalue weighted by Crippen LogP contribution is 2.04. The standard InChI is InChI=1S/C9H15N3O3/c10-8-1-3-12(9(15)11-8)5-7(6-14)2-4-13/h1,3,7,13-14H,2,4-6H2,(H2,10,11,15). The van der Waals surface area contributed by atoms with Gasteiger partial charge in [-0.15, -0.1) is 0 Å². The summed E-state index contributed by atoms with van der Waals surface area (Å²) in [5.41, 5.74) is 4.90. The van der Waals surface area contributed by atoms with Crippen molar-refractivity contribution in [2.75, 3.05) is 18.9 Å². The van der Waals surface area contributed by atoms with Crippen molar-refractivity contribution in [3.63, 3.8) is 0 Å². The van der Waals surface area contributed by atoms with Crippen molar-refractivity contribution in [2.24, 2.45) is 5.92 Å². The molecule has 1 rings (SSSR count). The zero-order chi connectivity index (χ0) is 11.3. The molecule has 0 saturated heterocycles. The molecule has 15 heavy (non-hydrogen) atoms. The van der Waals surface area contributed by atoms with E-state index in [1.54, 1.807) is 0 Å². The molecule has 0 aromatic carbocycles. The molecule has 0 aliphatic rings. The normalized spacial score (nSPS) is 12.7. The Labute approximate surface area is 87.0 Å². The Hall–Kier alpha value is -1.40. The maximum atomic E-state index is 11.3. The molecule has 0 aliphatic heterocycles. The van der Waals surface area contributed by atoms with Gasteiger partial charge >= 0.3 is 5.69 Å². The first-order valence-corrected chi connectivity index (χ1v) is 4.72. The molecule has 0 radical (unpaired) electrons. The summed E-state index contributed by atoms with van der Waals surface area (Å²) in [5.74, 6) is 0.0390. The number of hydrogen-bond donors (Lipinski definition) is 3. The average Bonchev–Trinajstić information content (AvgIpc) is 2.21. The first kappa shape index (κ1) is 11.7. The van der Waals surface area contributed by atoms with Crippen LogP contribution in [0.5, 0.6) is 0 Å². The van der Waals surface area contributed by atoms with Crippen molar-refractivity contribution in [3.8, 4) is 0 Å². The molecule has 4 N–H and O–H groups in total. The van der Waals surface area contributed by atoms with E-state index in [0.29, 0.717) is 13.0 Å². The van der Waals surface area contributed by atoms with Crippen LogP contribution in [0.4, 0.5) is 5.82 Å². The highest BCUT2D eigenvalue weighted by Gasteiger charge is 2.08. The van der Waals surface area contributed by atoms with Crippen LogP contribution in [0.1, 0.15) is 6.42 Å². The van der Waals surface area contributed by atoms with Crippen molar-refractivity contribution in [1.82, 2.24) is 9.55 Å². The van der Waals surface area contributed by atoms with E-state index in [2.05, 4.69) is 4.98 Å². The molecule has 1 aromatic heterocycles. The minimum absolute atomic E-state index is 0.0115. The Balaban J connectivity index is 2.75. The van der Waals surface area contributed by atoms with Crippen LogP contribution in [0.3, 0.4) is 0 Å². The number of aliphatic hydroxyl groups excluding tert-OH is 2. The Morgan fingerprint density at radius 3 is 2.80 bits per heavy atom. The molecule has 1 atom stereocenters. The second-order valence-corrected chi connectivity index (χ2v) is 3.35. The number of anilines is 1. The fraction of sp³-hybridized carbons (Fsp3) is 0.556. The molecule has 6 nitrogen and oxygen atoms in total. The third-order valence-corrected chi connectivity index (χ3v) is 2.15. The van der Waals surface area contributed by atoms with Gasteiger partial charge in [-0.1, -0.05) is 0 Å². The quantitative estimate of drug-likeness (QED) is 0.571. The van der Waals surface area contributed by atoms with E-state index in [4.69, 9.17) is 15.9 Å². The monoisotopic (exact) mass is 213 g/mol. The summed E-state index contributed by atoms with van der Waals surface area (Å²) in [5, 5.41) is 17.7. The lowest BCUT2D eigenvalue weighted by Crippen LogP contribution is -2.28. The lowest BCUT2D eigenvalue weighted by molar-refractivity contribution is 0.169. The summed E-state index contributed by atoms with van der Waals surface area (Å²) < 4.78 is 1.37. The Kier molecular flexibility index (Phi) is 4.26. The van der Waals surface area contributed by atoms with Crippen molar-refractivity contribution in [3.05, 3.63) is 22.7 Å². The fourth-order valence-electron chi connectivity index (χ4n) is 1.28. The summed E-state index contributed by atoms with van der Waals surface area (Å²) in [7, 11) is 0. The van der Waals surface area contributed by atoms with E-state index >= 15 is 0 Å². The number of aliphatic hydroxyl groups is 2. The van der Waals surface area contributed by atoms with Crippen LogP contribution in [0.15, 0.2) is 17.1 Å². The van der Waals surface area contributed by atoms with Gasteiger partial charge < -0.3 is 15.9 Å². The van der Waals surface area contributed by atoms with Crippen LogP contribution in [0.2, 0.25) is 0 Å². The maximum absolute atomic E-state index is 11.3. The highest BCUT2D eigenvalue weighted by molar-refractivity contribution is 5.23. The minimum atomic E-state index is -0.439. The summed E-state index contributed by atoms with van der Waals surface area (Å²) in [6.45, 7) is 0.253. The third-order valence-electron chi connectivity index (χ3n) is 2.15. The summed E-state index contributed by atoms with van der Waals surface area (Å²) in [4.78, 5) is 14.9. The zero-order valence-corrected chi connectivity index (χ0v) is 8.33. The van der Waals surface area contributed by atoms with E-state index in [1.807, 2.05) is 0 Å². The average molecular weight is 213 g/mol. The molecular formula is C9H15N3O3. The topological polar surface area (TPSA) is 101 Å². The number of aromatic nitrogens is 2. The summed E-state index contributed by atoms with van der Waals surface area (Å²) in [6, 6.07) is 1.52. The Bertz CT molecular complexity index is 364. The van der Waals surface area contributed by atoms with Crippen LogP contribution >= 0.6 is 0 Å². The molecule has 0 bridgehead atoms. The minimum Gasteiger partial charge on any atom is -0.396 e. The molecule has 0 aliphatic carbocycles. The highest BCUT2D eigenvalue weighted by atomic mass is 16.3. The molecule has 1 unspecified atom stereocenters. The Morgan fingerprint density at radius 2 is 2.27 bits per heavy atom. The van der Waals surface area contributed by atoms with Gasteiger partial charge in [0.25, 0.3) is 0 Å². The molecule has 84 valence electrons. The van der Waals surface area contributed by atoms with E-state index in [0.717, 1.165) is 0 Å². The van der Waals surface area contributed by atoms with Gasteiger partial charge in [0, 0.05) is 31.9 Å². The van der Waals surface area contributed by atoms with Crippen LogP contribution in [0.25, 0.3) is 0 Å². The third kappa shape index (κ3) is 3.34.